The normalized spacial score (nSPS) is 14.2. The average molecular weight is 314 g/mol. The van der Waals surface area contributed by atoms with Crippen LogP contribution in [0.25, 0.3) is 0 Å². The molecule has 0 radical (unpaired) electrons. The molecular weight excluding hydrogens is 297 g/mol. The molecule has 0 spiro atoms. The van der Waals surface area contributed by atoms with Gasteiger partial charge in [0.05, 0.1) is 12.6 Å². The number of halogens is 2. The van der Waals surface area contributed by atoms with Crippen LogP contribution < -0.4 is 5.32 Å². The first-order chi connectivity index (χ1) is 9.56. The molecule has 20 heavy (non-hydrogen) atoms. The highest BCUT2D eigenvalue weighted by molar-refractivity contribution is 6.33. The van der Waals surface area contributed by atoms with Crippen LogP contribution >= 0.6 is 23.2 Å². The summed E-state index contributed by atoms with van der Waals surface area (Å²) in [5.41, 5.74) is 0.637. The fourth-order valence-electron chi connectivity index (χ4n) is 1.95. The maximum absolute atomic E-state index is 10.2. The second kappa shape index (κ2) is 7.09. The van der Waals surface area contributed by atoms with Gasteiger partial charge >= 0.3 is 0 Å². The van der Waals surface area contributed by atoms with Gasteiger partial charge in [0.1, 0.15) is 0 Å². The molecule has 2 N–H and O–H groups in total. The molecule has 0 unspecified atom stereocenters. The van der Waals surface area contributed by atoms with Gasteiger partial charge in [-0.2, -0.15) is 5.10 Å². The maximum atomic E-state index is 10.2. The van der Waals surface area contributed by atoms with Crippen LogP contribution in [0.2, 0.25) is 10.0 Å². The number of nitrogens with one attached hydrogen (secondary N) is 1. The molecule has 1 aromatic carbocycles. The molecule has 1 aromatic heterocycles. The summed E-state index contributed by atoms with van der Waals surface area (Å²) >= 11 is 12.0. The van der Waals surface area contributed by atoms with Gasteiger partial charge in [-0.3, -0.25) is 4.68 Å². The van der Waals surface area contributed by atoms with E-state index in [9.17, 15) is 5.11 Å². The lowest BCUT2D eigenvalue weighted by molar-refractivity contribution is 0.169. The monoisotopic (exact) mass is 313 g/mol. The summed E-state index contributed by atoms with van der Waals surface area (Å²) in [4.78, 5) is 0. The molecule has 2 rings (SSSR count). The van der Waals surface area contributed by atoms with Crippen molar-refractivity contribution in [3.05, 3.63) is 52.3 Å². The lowest BCUT2D eigenvalue weighted by Crippen LogP contribution is -2.34. The van der Waals surface area contributed by atoms with E-state index in [1.54, 1.807) is 24.4 Å². The summed E-state index contributed by atoms with van der Waals surface area (Å²) in [5, 5.41) is 18.6. The Labute approximate surface area is 128 Å². The van der Waals surface area contributed by atoms with E-state index in [1.165, 1.54) is 0 Å². The molecule has 2 atom stereocenters. The van der Waals surface area contributed by atoms with E-state index in [-0.39, 0.29) is 6.04 Å². The van der Waals surface area contributed by atoms with E-state index in [4.69, 9.17) is 23.2 Å². The molecular formula is C14H17Cl2N3O. The van der Waals surface area contributed by atoms with Gasteiger partial charge in [0.2, 0.25) is 0 Å². The highest BCUT2D eigenvalue weighted by Crippen LogP contribution is 2.26. The molecule has 0 aliphatic rings. The summed E-state index contributed by atoms with van der Waals surface area (Å²) in [6.45, 7) is 3.18. The molecule has 0 fully saturated rings. The van der Waals surface area contributed by atoms with Gasteiger partial charge in [-0.25, -0.2) is 0 Å². The van der Waals surface area contributed by atoms with E-state index in [1.807, 2.05) is 23.9 Å². The molecule has 2 aromatic rings. The zero-order valence-corrected chi connectivity index (χ0v) is 12.6. The fraction of sp³-hybridized carbons (Fsp3) is 0.357. The van der Waals surface area contributed by atoms with Crippen molar-refractivity contribution in [3.63, 3.8) is 0 Å². The lowest BCUT2D eigenvalue weighted by atomic mass is 10.1. The topological polar surface area (TPSA) is 50.1 Å². The minimum absolute atomic E-state index is 0.183. The SMILES string of the molecule is C[C@H](Cn1cccn1)NC[C@H](O)c1cc(Cl)ccc1Cl. The third kappa shape index (κ3) is 4.21. The molecule has 0 amide bonds. The largest absolute Gasteiger partial charge is 0.387 e. The predicted octanol–water partition coefficient (Wildman–Crippen LogP) is 2.90. The molecule has 0 saturated heterocycles. The van der Waals surface area contributed by atoms with Crippen molar-refractivity contribution in [1.29, 1.82) is 0 Å². The van der Waals surface area contributed by atoms with Crippen LogP contribution in [0.15, 0.2) is 36.7 Å². The Morgan fingerprint density at radius 1 is 1.40 bits per heavy atom. The van der Waals surface area contributed by atoms with Crippen LogP contribution in [0, 0.1) is 0 Å². The number of benzene rings is 1. The second-order valence-corrected chi connectivity index (χ2v) is 5.56. The van der Waals surface area contributed by atoms with Gasteiger partial charge in [-0.05, 0) is 31.2 Å². The third-order valence-electron chi connectivity index (χ3n) is 3.00. The predicted molar refractivity (Wildman–Crippen MR) is 81.1 cm³/mol. The number of hydrogen-bond acceptors (Lipinski definition) is 3. The van der Waals surface area contributed by atoms with E-state index >= 15 is 0 Å². The number of aliphatic hydroxyl groups is 1. The van der Waals surface area contributed by atoms with Crippen molar-refractivity contribution in [2.75, 3.05) is 6.54 Å². The number of rotatable bonds is 6. The molecule has 6 heteroatoms. The van der Waals surface area contributed by atoms with Crippen LogP contribution in [0.1, 0.15) is 18.6 Å². The summed E-state index contributed by atoms with van der Waals surface area (Å²) in [6.07, 6.45) is 2.96. The van der Waals surface area contributed by atoms with Crippen LogP contribution in [0.4, 0.5) is 0 Å². The molecule has 0 aliphatic carbocycles. The van der Waals surface area contributed by atoms with Crippen molar-refractivity contribution in [2.45, 2.75) is 25.6 Å². The second-order valence-electron chi connectivity index (χ2n) is 4.72. The summed E-state index contributed by atoms with van der Waals surface area (Å²) in [7, 11) is 0. The standard InChI is InChI=1S/C14H17Cl2N3O/c1-10(9-19-6-2-5-18-19)17-8-14(20)12-7-11(15)3-4-13(12)16/h2-7,10,14,17,20H,8-9H2,1H3/t10-,14+/m1/s1. The van der Waals surface area contributed by atoms with Crippen molar-refractivity contribution in [2.24, 2.45) is 0 Å². The number of nitrogens with zero attached hydrogens (tertiary/aromatic N) is 2. The Morgan fingerprint density at radius 3 is 2.90 bits per heavy atom. The highest BCUT2D eigenvalue weighted by Gasteiger charge is 2.13. The first kappa shape index (κ1) is 15.3. The number of hydrogen-bond donors (Lipinski definition) is 2. The molecule has 1 heterocycles. The number of aromatic nitrogens is 2. The Bertz CT molecular complexity index is 545. The quantitative estimate of drug-likeness (QED) is 0.862. The van der Waals surface area contributed by atoms with Crippen molar-refractivity contribution in [3.8, 4) is 0 Å². The highest BCUT2D eigenvalue weighted by atomic mass is 35.5. The summed E-state index contributed by atoms with van der Waals surface area (Å²) in [5.74, 6) is 0. The van der Waals surface area contributed by atoms with Gasteiger partial charge < -0.3 is 10.4 Å². The summed E-state index contributed by atoms with van der Waals surface area (Å²) in [6, 6.07) is 7.15. The van der Waals surface area contributed by atoms with Gasteiger partial charge in [-0.15, -0.1) is 0 Å². The van der Waals surface area contributed by atoms with Gasteiger partial charge in [0, 0.05) is 40.6 Å². The van der Waals surface area contributed by atoms with Gasteiger partial charge in [0.15, 0.2) is 0 Å². The molecule has 0 saturated carbocycles. The van der Waals surface area contributed by atoms with Crippen molar-refractivity contribution >= 4 is 23.2 Å². The van der Waals surface area contributed by atoms with E-state index in [0.717, 1.165) is 6.54 Å². The molecule has 0 bridgehead atoms. The smallest absolute Gasteiger partial charge is 0.0929 e. The van der Waals surface area contributed by atoms with Gasteiger partial charge in [-0.1, -0.05) is 23.2 Å². The van der Waals surface area contributed by atoms with Crippen LogP contribution in [-0.4, -0.2) is 27.5 Å². The average Bonchev–Trinajstić information content (AvgIpc) is 2.91. The van der Waals surface area contributed by atoms with Gasteiger partial charge in [0.25, 0.3) is 0 Å². The van der Waals surface area contributed by atoms with E-state index in [2.05, 4.69) is 10.4 Å². The molecule has 4 nitrogen and oxygen atoms in total. The maximum Gasteiger partial charge on any atom is 0.0929 e. The third-order valence-corrected chi connectivity index (χ3v) is 3.58. The summed E-state index contributed by atoms with van der Waals surface area (Å²) < 4.78 is 1.84. The Morgan fingerprint density at radius 2 is 2.20 bits per heavy atom. The Hall–Kier alpha value is -1.07. The number of aliphatic hydroxyl groups excluding tert-OH is 1. The van der Waals surface area contributed by atoms with E-state index in [0.29, 0.717) is 22.2 Å². The van der Waals surface area contributed by atoms with Crippen LogP contribution in [-0.2, 0) is 6.54 Å². The van der Waals surface area contributed by atoms with Crippen LogP contribution in [0.3, 0.4) is 0 Å². The Balaban J connectivity index is 1.88. The zero-order chi connectivity index (χ0) is 14.5. The first-order valence-corrected chi connectivity index (χ1v) is 7.15. The first-order valence-electron chi connectivity index (χ1n) is 6.40. The van der Waals surface area contributed by atoms with Crippen LogP contribution in [0.5, 0.6) is 0 Å². The zero-order valence-electron chi connectivity index (χ0n) is 11.1. The molecule has 0 aliphatic heterocycles. The van der Waals surface area contributed by atoms with Crippen molar-refractivity contribution < 1.29 is 5.11 Å². The lowest BCUT2D eigenvalue weighted by Gasteiger charge is -2.18. The minimum Gasteiger partial charge on any atom is -0.387 e. The van der Waals surface area contributed by atoms with Crippen molar-refractivity contribution in [1.82, 2.24) is 15.1 Å². The minimum atomic E-state index is -0.693. The fourth-order valence-corrected chi connectivity index (χ4v) is 2.37. The Kier molecular flexibility index (Phi) is 5.43. The van der Waals surface area contributed by atoms with E-state index < -0.39 is 6.10 Å². The molecule has 108 valence electrons.